The Morgan fingerprint density at radius 3 is 2.77 bits per heavy atom. The normalized spacial score (nSPS) is 10.7. The number of amides is 1. The average molecular weight is 353 g/mol. The second-order valence-corrected chi connectivity index (χ2v) is 5.58. The number of hydrogen-bond donors (Lipinski definition) is 1. The van der Waals surface area contributed by atoms with Crippen LogP contribution in [-0.2, 0) is 17.8 Å². The van der Waals surface area contributed by atoms with Gasteiger partial charge in [-0.3, -0.25) is 9.59 Å². The lowest BCUT2D eigenvalue weighted by Gasteiger charge is -2.07. The van der Waals surface area contributed by atoms with Crippen molar-refractivity contribution in [1.29, 1.82) is 0 Å². The molecule has 0 spiro atoms. The molecule has 26 heavy (non-hydrogen) atoms. The number of methoxy groups -OCH3 is 1. The number of hydrogen-bond acceptors (Lipinski definition) is 5. The zero-order chi connectivity index (χ0) is 18.4. The molecule has 2 aromatic heterocycles. The number of nitrogens with one attached hydrogen (secondary N) is 1. The minimum absolute atomic E-state index is 0.177. The van der Waals surface area contributed by atoms with Crippen molar-refractivity contribution in [2.75, 3.05) is 13.7 Å². The van der Waals surface area contributed by atoms with Crippen molar-refractivity contribution in [2.45, 2.75) is 13.1 Å². The first kappa shape index (κ1) is 17.6. The second kappa shape index (κ2) is 8.21. The first-order valence-electron chi connectivity index (χ1n) is 8.11. The van der Waals surface area contributed by atoms with Crippen LogP contribution in [0.5, 0.6) is 0 Å². The molecule has 0 bridgehead atoms. The van der Waals surface area contributed by atoms with Gasteiger partial charge in [0.2, 0.25) is 0 Å². The summed E-state index contributed by atoms with van der Waals surface area (Å²) < 4.78 is 7.89. The molecule has 1 N–H and O–H groups in total. The van der Waals surface area contributed by atoms with Gasteiger partial charge in [0.15, 0.2) is 0 Å². The molecule has 0 aliphatic carbocycles. The maximum Gasteiger partial charge on any atom is 0.271 e. The smallest absolute Gasteiger partial charge is 0.271 e. The Bertz CT molecular complexity index is 933. The Morgan fingerprint density at radius 2 is 2.00 bits per heavy atom. The van der Waals surface area contributed by atoms with Gasteiger partial charge >= 0.3 is 0 Å². The van der Waals surface area contributed by atoms with Gasteiger partial charge in [0.1, 0.15) is 5.69 Å². The number of aromatic nitrogens is 4. The van der Waals surface area contributed by atoms with E-state index in [1.807, 2.05) is 36.5 Å². The molecule has 0 saturated heterocycles. The quantitative estimate of drug-likeness (QED) is 0.684. The van der Waals surface area contributed by atoms with Gasteiger partial charge in [-0.1, -0.05) is 18.2 Å². The third-order valence-corrected chi connectivity index (χ3v) is 3.72. The van der Waals surface area contributed by atoms with Crippen LogP contribution in [-0.4, -0.2) is 39.2 Å². The van der Waals surface area contributed by atoms with Gasteiger partial charge in [0.05, 0.1) is 25.0 Å². The highest BCUT2D eigenvalue weighted by Gasteiger charge is 2.10. The number of benzene rings is 1. The summed E-state index contributed by atoms with van der Waals surface area (Å²) in [7, 11) is 1.54. The molecule has 1 amide bonds. The highest BCUT2D eigenvalue weighted by Crippen LogP contribution is 2.07. The van der Waals surface area contributed by atoms with Crippen LogP contribution >= 0.6 is 0 Å². The van der Waals surface area contributed by atoms with E-state index in [0.29, 0.717) is 19.7 Å². The summed E-state index contributed by atoms with van der Waals surface area (Å²) in [6, 6.07) is 12.4. The predicted octanol–water partition coefficient (Wildman–Crippen LogP) is 1.01. The molecule has 3 aromatic rings. The van der Waals surface area contributed by atoms with Crippen LogP contribution in [0.15, 0.2) is 59.7 Å². The van der Waals surface area contributed by atoms with E-state index in [0.717, 1.165) is 11.3 Å². The molecular weight excluding hydrogens is 334 g/mol. The minimum atomic E-state index is -0.358. The van der Waals surface area contributed by atoms with Gasteiger partial charge in [-0.15, -0.1) is 0 Å². The topological polar surface area (TPSA) is 91.0 Å². The molecule has 8 heteroatoms. The van der Waals surface area contributed by atoms with Crippen molar-refractivity contribution in [2.24, 2.45) is 0 Å². The van der Waals surface area contributed by atoms with Crippen molar-refractivity contribution in [3.05, 3.63) is 76.5 Å². The molecule has 3 rings (SSSR count). The van der Waals surface area contributed by atoms with Gasteiger partial charge in [-0.25, -0.2) is 9.36 Å². The summed E-state index contributed by atoms with van der Waals surface area (Å²) in [5.41, 5.74) is 1.70. The molecule has 134 valence electrons. The lowest BCUT2D eigenvalue weighted by molar-refractivity contribution is 0.0942. The molecule has 0 atom stereocenters. The molecule has 0 saturated carbocycles. The maximum atomic E-state index is 12.3. The predicted molar refractivity (Wildman–Crippen MR) is 95.1 cm³/mol. The molecule has 8 nitrogen and oxygen atoms in total. The molecule has 1 aromatic carbocycles. The Kier molecular flexibility index (Phi) is 5.55. The van der Waals surface area contributed by atoms with Crippen molar-refractivity contribution in [3.8, 4) is 5.69 Å². The van der Waals surface area contributed by atoms with Crippen LogP contribution in [0.1, 0.15) is 16.1 Å². The Labute approximate surface area is 150 Å². The number of rotatable bonds is 7. The SMILES string of the molecule is COCCn1nc(C(=O)NCc2cnn(-c3ccccc3)c2)ccc1=O. The minimum Gasteiger partial charge on any atom is -0.383 e. The van der Waals surface area contributed by atoms with Gasteiger partial charge in [0.25, 0.3) is 11.5 Å². The van der Waals surface area contributed by atoms with Gasteiger partial charge in [-0.05, 0) is 18.2 Å². The molecular formula is C18H19N5O3. The van der Waals surface area contributed by atoms with E-state index in [2.05, 4.69) is 15.5 Å². The number of carbonyl (C=O) groups is 1. The third kappa shape index (κ3) is 4.22. The van der Waals surface area contributed by atoms with Gasteiger partial charge in [0, 0.05) is 31.5 Å². The zero-order valence-corrected chi connectivity index (χ0v) is 14.3. The summed E-state index contributed by atoms with van der Waals surface area (Å²) in [4.78, 5) is 24.0. The van der Waals surface area contributed by atoms with Crippen molar-refractivity contribution in [1.82, 2.24) is 24.9 Å². The standard InChI is InChI=1S/C18H19N5O3/c1-26-10-9-22-17(24)8-7-16(21-22)18(25)19-11-14-12-20-23(13-14)15-5-3-2-4-6-15/h2-8,12-13H,9-11H2,1H3,(H,19,25). The monoisotopic (exact) mass is 353 g/mol. The molecule has 0 radical (unpaired) electrons. The van der Waals surface area contributed by atoms with E-state index < -0.39 is 0 Å². The molecule has 0 aliphatic rings. The van der Waals surface area contributed by atoms with E-state index in [-0.39, 0.29) is 17.2 Å². The number of nitrogens with zero attached hydrogens (tertiary/aromatic N) is 4. The van der Waals surface area contributed by atoms with E-state index in [4.69, 9.17) is 4.74 Å². The maximum absolute atomic E-state index is 12.3. The number of carbonyl (C=O) groups excluding carboxylic acids is 1. The second-order valence-electron chi connectivity index (χ2n) is 5.58. The Balaban J connectivity index is 1.64. The summed E-state index contributed by atoms with van der Waals surface area (Å²) in [5.74, 6) is -0.358. The van der Waals surface area contributed by atoms with Crippen LogP contribution in [0.4, 0.5) is 0 Å². The van der Waals surface area contributed by atoms with Crippen LogP contribution < -0.4 is 10.9 Å². The van der Waals surface area contributed by atoms with Crippen molar-refractivity contribution in [3.63, 3.8) is 0 Å². The number of para-hydroxylation sites is 1. The zero-order valence-electron chi connectivity index (χ0n) is 14.3. The summed E-state index contributed by atoms with van der Waals surface area (Å²) in [6.07, 6.45) is 3.54. The summed E-state index contributed by atoms with van der Waals surface area (Å²) in [6.45, 7) is 0.946. The van der Waals surface area contributed by atoms with Crippen LogP contribution in [0.2, 0.25) is 0 Å². The molecule has 0 aliphatic heterocycles. The number of ether oxygens (including phenoxy) is 1. The van der Waals surface area contributed by atoms with E-state index >= 15 is 0 Å². The average Bonchev–Trinajstić information content (AvgIpc) is 3.15. The fraction of sp³-hybridized carbons (Fsp3) is 0.222. The van der Waals surface area contributed by atoms with Crippen LogP contribution in [0.3, 0.4) is 0 Å². The fourth-order valence-corrected chi connectivity index (χ4v) is 2.35. The lowest BCUT2D eigenvalue weighted by atomic mass is 10.3. The first-order chi connectivity index (χ1) is 12.7. The van der Waals surface area contributed by atoms with E-state index in [1.54, 1.807) is 10.9 Å². The molecule has 2 heterocycles. The van der Waals surface area contributed by atoms with E-state index in [1.165, 1.54) is 23.9 Å². The molecule has 0 unspecified atom stereocenters. The Hall–Kier alpha value is -3.26. The Morgan fingerprint density at radius 1 is 1.19 bits per heavy atom. The van der Waals surface area contributed by atoms with E-state index in [9.17, 15) is 9.59 Å². The summed E-state index contributed by atoms with van der Waals surface area (Å²) >= 11 is 0. The van der Waals surface area contributed by atoms with Crippen LogP contribution in [0.25, 0.3) is 5.69 Å². The van der Waals surface area contributed by atoms with Gasteiger partial charge < -0.3 is 10.1 Å². The fourth-order valence-electron chi connectivity index (χ4n) is 2.35. The largest absolute Gasteiger partial charge is 0.383 e. The highest BCUT2D eigenvalue weighted by molar-refractivity contribution is 5.91. The molecule has 0 fully saturated rings. The van der Waals surface area contributed by atoms with Crippen molar-refractivity contribution < 1.29 is 9.53 Å². The lowest BCUT2D eigenvalue weighted by Crippen LogP contribution is -2.30. The van der Waals surface area contributed by atoms with Gasteiger partial charge in [-0.2, -0.15) is 10.2 Å². The van der Waals surface area contributed by atoms with Crippen molar-refractivity contribution >= 4 is 5.91 Å². The summed E-state index contributed by atoms with van der Waals surface area (Å²) in [5, 5.41) is 11.1. The third-order valence-electron chi connectivity index (χ3n) is 3.72. The first-order valence-corrected chi connectivity index (χ1v) is 8.11. The highest BCUT2D eigenvalue weighted by atomic mass is 16.5. The van der Waals surface area contributed by atoms with Crippen LogP contribution in [0, 0.1) is 0 Å².